The standard InChI is InChI=1S/C19H12BClF3NO4S/c20-18(16(26)25-17(27)30-18)12-5-6-28-15-8-10(2-3-11(12)15)29-14-4-1-9(7-13(14)21)19(22,23)24/h1-4,7-8,12H,5-6H2,(H,25,26,27). The zero-order valence-corrected chi connectivity index (χ0v) is 16.7. The maximum atomic E-state index is 12.8. The number of carbonyl (C=O) groups is 2. The largest absolute Gasteiger partial charge is 0.493 e. The van der Waals surface area contributed by atoms with Gasteiger partial charge in [0.1, 0.15) is 25.1 Å². The SMILES string of the molecule is [B]C1(C2CCOc3cc(Oc4ccc(C(F)(F)F)cc4Cl)ccc32)SC(=O)NC1=O. The van der Waals surface area contributed by atoms with Crippen molar-refractivity contribution in [1.82, 2.24) is 5.32 Å². The molecule has 11 heteroatoms. The Labute approximate surface area is 179 Å². The molecule has 154 valence electrons. The van der Waals surface area contributed by atoms with Crippen molar-refractivity contribution in [2.24, 2.45) is 0 Å². The van der Waals surface area contributed by atoms with Gasteiger partial charge >= 0.3 is 6.18 Å². The van der Waals surface area contributed by atoms with Gasteiger partial charge in [0.25, 0.3) is 5.24 Å². The van der Waals surface area contributed by atoms with Crippen LogP contribution in [0, 0.1) is 0 Å². The summed E-state index contributed by atoms with van der Waals surface area (Å²) in [6.07, 6.45) is -4.08. The molecule has 1 saturated heterocycles. The van der Waals surface area contributed by atoms with Gasteiger partial charge in [0.05, 0.1) is 21.8 Å². The van der Waals surface area contributed by atoms with Gasteiger partial charge in [0.2, 0.25) is 5.91 Å². The van der Waals surface area contributed by atoms with Gasteiger partial charge in [-0.15, -0.1) is 0 Å². The highest BCUT2D eigenvalue weighted by Gasteiger charge is 2.50. The molecule has 2 radical (unpaired) electrons. The van der Waals surface area contributed by atoms with E-state index >= 15 is 0 Å². The van der Waals surface area contributed by atoms with Gasteiger partial charge in [-0.25, -0.2) is 0 Å². The number of fused-ring (bicyclic) bond motifs is 1. The monoisotopic (exact) mass is 453 g/mol. The van der Waals surface area contributed by atoms with Gasteiger partial charge in [-0.3, -0.25) is 14.9 Å². The van der Waals surface area contributed by atoms with E-state index in [9.17, 15) is 22.8 Å². The predicted molar refractivity (Wildman–Crippen MR) is 105 cm³/mol. The Morgan fingerprint density at radius 1 is 1.23 bits per heavy atom. The molecule has 2 aliphatic heterocycles. The number of halogens is 4. The van der Waals surface area contributed by atoms with Crippen molar-refractivity contribution in [3.8, 4) is 17.2 Å². The molecule has 2 amide bonds. The second-order valence-corrected chi connectivity index (χ2v) is 8.43. The molecule has 2 unspecified atom stereocenters. The topological polar surface area (TPSA) is 64.6 Å². The van der Waals surface area contributed by atoms with Crippen LogP contribution in [0.2, 0.25) is 5.02 Å². The smallest absolute Gasteiger partial charge is 0.416 e. The molecule has 4 rings (SSSR count). The van der Waals surface area contributed by atoms with Crippen molar-refractivity contribution >= 4 is 42.4 Å². The van der Waals surface area contributed by atoms with Crippen molar-refractivity contribution < 1.29 is 32.2 Å². The molecule has 2 atom stereocenters. The number of ether oxygens (including phenoxy) is 2. The van der Waals surface area contributed by atoms with E-state index in [1.54, 1.807) is 12.1 Å². The van der Waals surface area contributed by atoms with Crippen molar-refractivity contribution in [2.45, 2.75) is 23.2 Å². The van der Waals surface area contributed by atoms with Crippen LogP contribution in [0.4, 0.5) is 18.0 Å². The van der Waals surface area contributed by atoms with Gasteiger partial charge in [-0.05, 0) is 36.2 Å². The molecule has 0 spiro atoms. The summed E-state index contributed by atoms with van der Waals surface area (Å²) in [5.41, 5.74) is -0.251. The molecule has 2 aliphatic rings. The molecule has 1 N–H and O–H groups in total. The number of thioether (sulfide) groups is 1. The molecule has 0 saturated carbocycles. The summed E-state index contributed by atoms with van der Waals surface area (Å²) in [7, 11) is 6.25. The Kier molecular flexibility index (Phi) is 5.18. The highest BCUT2D eigenvalue weighted by molar-refractivity contribution is 8.17. The second kappa shape index (κ2) is 7.42. The summed E-state index contributed by atoms with van der Waals surface area (Å²) in [5.74, 6) is -0.302. The van der Waals surface area contributed by atoms with E-state index in [0.29, 0.717) is 17.7 Å². The lowest BCUT2D eigenvalue weighted by atomic mass is 9.69. The minimum atomic E-state index is -4.51. The second-order valence-electron chi connectivity index (χ2n) is 6.77. The lowest BCUT2D eigenvalue weighted by Gasteiger charge is -2.35. The van der Waals surface area contributed by atoms with E-state index in [1.165, 1.54) is 6.07 Å². The fraction of sp³-hybridized carbons (Fsp3) is 0.263. The van der Waals surface area contributed by atoms with Crippen LogP contribution >= 0.6 is 23.4 Å². The van der Waals surface area contributed by atoms with Crippen LogP contribution in [0.3, 0.4) is 0 Å². The molecular weight excluding hydrogens is 442 g/mol. The third kappa shape index (κ3) is 3.74. The van der Waals surface area contributed by atoms with E-state index < -0.39 is 33.5 Å². The summed E-state index contributed by atoms with van der Waals surface area (Å²) in [4.78, 5) is 23.8. The van der Waals surface area contributed by atoms with Gasteiger partial charge < -0.3 is 9.47 Å². The summed E-state index contributed by atoms with van der Waals surface area (Å²) in [5, 5.41) is 1.50. The summed E-state index contributed by atoms with van der Waals surface area (Å²) >= 11 is 6.67. The average molecular weight is 454 g/mol. The summed E-state index contributed by atoms with van der Waals surface area (Å²) < 4.78 is 48.2. The Bertz CT molecular complexity index is 1050. The number of hydrogen-bond acceptors (Lipinski definition) is 5. The molecule has 0 aromatic heterocycles. The third-order valence-electron chi connectivity index (χ3n) is 4.86. The molecule has 2 aromatic rings. The van der Waals surface area contributed by atoms with E-state index in [0.717, 1.165) is 30.0 Å². The third-order valence-corrected chi connectivity index (χ3v) is 6.25. The maximum absolute atomic E-state index is 12.8. The first-order valence-corrected chi connectivity index (χ1v) is 9.92. The van der Waals surface area contributed by atoms with Crippen LogP contribution in [0.5, 0.6) is 17.2 Å². The highest BCUT2D eigenvalue weighted by atomic mass is 35.5. The van der Waals surface area contributed by atoms with Crippen LogP contribution in [0.15, 0.2) is 36.4 Å². The fourth-order valence-electron chi connectivity index (χ4n) is 3.41. The van der Waals surface area contributed by atoms with Gasteiger partial charge in [0, 0.05) is 12.0 Å². The number of carbonyl (C=O) groups excluding carboxylic acids is 2. The summed E-state index contributed by atoms with van der Waals surface area (Å²) in [6, 6.07) is 7.55. The van der Waals surface area contributed by atoms with Crippen LogP contribution in [-0.4, -0.2) is 30.2 Å². The minimum absolute atomic E-state index is 0.0450. The highest BCUT2D eigenvalue weighted by Crippen LogP contribution is 2.48. The van der Waals surface area contributed by atoms with Crippen molar-refractivity contribution in [3.63, 3.8) is 0 Å². The van der Waals surface area contributed by atoms with E-state index in [2.05, 4.69) is 5.32 Å². The zero-order valence-electron chi connectivity index (χ0n) is 15.1. The number of benzene rings is 2. The molecule has 1 fully saturated rings. The Morgan fingerprint density at radius 2 is 2.00 bits per heavy atom. The first kappa shape index (κ1) is 20.9. The van der Waals surface area contributed by atoms with E-state index in [-0.39, 0.29) is 23.1 Å². The number of alkyl halides is 3. The quantitative estimate of drug-likeness (QED) is 0.672. The van der Waals surface area contributed by atoms with Gasteiger partial charge in [-0.1, -0.05) is 29.4 Å². The number of hydrogen-bond donors (Lipinski definition) is 1. The number of nitrogens with one attached hydrogen (secondary N) is 1. The average Bonchev–Trinajstić information content (AvgIpc) is 2.94. The Hall–Kier alpha value is -2.33. The van der Waals surface area contributed by atoms with Crippen molar-refractivity contribution in [2.75, 3.05) is 6.61 Å². The maximum Gasteiger partial charge on any atom is 0.416 e. The van der Waals surface area contributed by atoms with E-state index in [4.69, 9.17) is 28.9 Å². The molecule has 0 aliphatic carbocycles. The predicted octanol–water partition coefficient (Wildman–Crippen LogP) is 4.87. The van der Waals surface area contributed by atoms with E-state index in [1.807, 2.05) is 0 Å². The van der Waals surface area contributed by atoms with Crippen LogP contribution in [0.1, 0.15) is 23.5 Å². The summed E-state index contributed by atoms with van der Waals surface area (Å²) in [6.45, 7) is 0.267. The Morgan fingerprint density at radius 3 is 2.63 bits per heavy atom. The molecule has 30 heavy (non-hydrogen) atoms. The van der Waals surface area contributed by atoms with Crippen LogP contribution in [-0.2, 0) is 11.0 Å². The lowest BCUT2D eigenvalue weighted by molar-refractivity contribution is -0.137. The molecule has 0 bridgehead atoms. The number of amides is 2. The molecular formula is C19H12BClF3NO4S. The fourth-order valence-corrected chi connectivity index (χ4v) is 4.61. The Balaban J connectivity index is 1.61. The van der Waals surface area contributed by atoms with Crippen molar-refractivity contribution in [3.05, 3.63) is 52.5 Å². The van der Waals surface area contributed by atoms with Gasteiger partial charge in [-0.2, -0.15) is 13.2 Å². The molecule has 2 heterocycles. The number of rotatable bonds is 3. The number of imide groups is 1. The molecule has 2 aromatic carbocycles. The normalized spacial score (nSPS) is 23.5. The van der Waals surface area contributed by atoms with Crippen molar-refractivity contribution in [1.29, 1.82) is 0 Å². The minimum Gasteiger partial charge on any atom is -0.493 e. The first-order valence-electron chi connectivity index (χ1n) is 8.72. The van der Waals surface area contributed by atoms with Crippen LogP contribution < -0.4 is 14.8 Å². The first-order chi connectivity index (χ1) is 14.1. The lowest BCUT2D eigenvalue weighted by Crippen LogP contribution is -2.44. The molecule has 5 nitrogen and oxygen atoms in total. The van der Waals surface area contributed by atoms with Crippen LogP contribution in [0.25, 0.3) is 0 Å². The zero-order chi connectivity index (χ0) is 21.7. The van der Waals surface area contributed by atoms with Gasteiger partial charge in [0.15, 0.2) is 0 Å².